The highest BCUT2D eigenvalue weighted by Crippen LogP contribution is 2.07. The van der Waals surface area contributed by atoms with E-state index in [-0.39, 0.29) is 5.69 Å². The van der Waals surface area contributed by atoms with Gasteiger partial charge >= 0.3 is 5.97 Å². The average molecular weight is 223 g/mol. The lowest BCUT2D eigenvalue weighted by molar-refractivity contribution is 0.0593. The van der Waals surface area contributed by atoms with Crippen molar-refractivity contribution in [3.05, 3.63) is 18.1 Å². The summed E-state index contributed by atoms with van der Waals surface area (Å²) in [6.07, 6.45) is 5.01. The number of rotatable bonds is 5. The number of carbonyl (C=O) groups is 1. The van der Waals surface area contributed by atoms with E-state index in [0.29, 0.717) is 11.9 Å². The lowest BCUT2D eigenvalue weighted by atomic mass is 10.2. The molecular weight excluding hydrogens is 206 g/mol. The van der Waals surface area contributed by atoms with Gasteiger partial charge < -0.3 is 10.1 Å². The Hall–Kier alpha value is -1.65. The number of anilines is 1. The van der Waals surface area contributed by atoms with E-state index in [0.717, 1.165) is 12.8 Å². The number of hydrogen-bond donors (Lipinski definition) is 1. The van der Waals surface area contributed by atoms with Crippen LogP contribution in [0.5, 0.6) is 0 Å². The molecule has 16 heavy (non-hydrogen) atoms. The highest BCUT2D eigenvalue weighted by molar-refractivity contribution is 5.86. The van der Waals surface area contributed by atoms with Crippen molar-refractivity contribution in [2.45, 2.75) is 32.7 Å². The van der Waals surface area contributed by atoms with Crippen LogP contribution >= 0.6 is 0 Å². The van der Waals surface area contributed by atoms with Gasteiger partial charge in [-0.3, -0.25) is 0 Å². The van der Waals surface area contributed by atoms with Crippen molar-refractivity contribution in [2.75, 3.05) is 12.4 Å². The Labute approximate surface area is 95.3 Å². The largest absolute Gasteiger partial charge is 0.464 e. The summed E-state index contributed by atoms with van der Waals surface area (Å²) in [6.45, 7) is 4.22. The van der Waals surface area contributed by atoms with E-state index < -0.39 is 5.97 Å². The van der Waals surface area contributed by atoms with Crippen molar-refractivity contribution < 1.29 is 9.53 Å². The van der Waals surface area contributed by atoms with Crippen molar-refractivity contribution in [1.82, 2.24) is 9.97 Å². The van der Waals surface area contributed by atoms with Gasteiger partial charge in [0.1, 0.15) is 5.82 Å². The van der Waals surface area contributed by atoms with Crippen LogP contribution in [-0.4, -0.2) is 29.1 Å². The topological polar surface area (TPSA) is 64.1 Å². The van der Waals surface area contributed by atoms with Gasteiger partial charge in [0.2, 0.25) is 0 Å². The van der Waals surface area contributed by atoms with Crippen LogP contribution in [0.3, 0.4) is 0 Å². The smallest absolute Gasteiger partial charge is 0.358 e. The van der Waals surface area contributed by atoms with Gasteiger partial charge in [-0.25, -0.2) is 14.8 Å². The summed E-state index contributed by atoms with van der Waals surface area (Å²) >= 11 is 0. The molecule has 0 spiro atoms. The summed E-state index contributed by atoms with van der Waals surface area (Å²) < 4.78 is 4.54. The molecule has 5 nitrogen and oxygen atoms in total. The van der Waals surface area contributed by atoms with Gasteiger partial charge in [-0.2, -0.15) is 0 Å². The van der Waals surface area contributed by atoms with Crippen molar-refractivity contribution in [1.29, 1.82) is 0 Å². The summed E-state index contributed by atoms with van der Waals surface area (Å²) in [6, 6.07) is 0.387. The Morgan fingerprint density at radius 3 is 2.50 bits per heavy atom. The Bertz CT molecular complexity index is 334. The van der Waals surface area contributed by atoms with E-state index in [1.54, 1.807) is 6.20 Å². The molecule has 1 rings (SSSR count). The minimum Gasteiger partial charge on any atom is -0.464 e. The van der Waals surface area contributed by atoms with E-state index in [1.165, 1.54) is 13.3 Å². The number of esters is 1. The zero-order valence-electron chi connectivity index (χ0n) is 9.86. The summed E-state index contributed by atoms with van der Waals surface area (Å²) in [7, 11) is 1.32. The molecule has 0 atom stereocenters. The first-order valence-electron chi connectivity index (χ1n) is 5.38. The normalized spacial score (nSPS) is 10.2. The van der Waals surface area contributed by atoms with Crippen LogP contribution < -0.4 is 5.32 Å². The fourth-order valence-electron chi connectivity index (χ4n) is 1.31. The maximum absolute atomic E-state index is 11.1. The third kappa shape index (κ3) is 3.18. The average Bonchev–Trinajstić information content (AvgIpc) is 2.35. The molecule has 0 fully saturated rings. The zero-order valence-corrected chi connectivity index (χ0v) is 9.86. The minimum atomic E-state index is -0.471. The molecule has 0 aliphatic carbocycles. The summed E-state index contributed by atoms with van der Waals surface area (Å²) in [4.78, 5) is 19.2. The third-order valence-electron chi connectivity index (χ3n) is 2.38. The van der Waals surface area contributed by atoms with Gasteiger partial charge in [0.15, 0.2) is 5.69 Å². The van der Waals surface area contributed by atoms with E-state index in [2.05, 4.69) is 33.9 Å². The van der Waals surface area contributed by atoms with Gasteiger partial charge in [-0.1, -0.05) is 13.8 Å². The summed E-state index contributed by atoms with van der Waals surface area (Å²) in [5, 5.41) is 3.24. The Morgan fingerprint density at radius 2 is 2.06 bits per heavy atom. The van der Waals surface area contributed by atoms with Gasteiger partial charge in [0.25, 0.3) is 0 Å². The van der Waals surface area contributed by atoms with E-state index >= 15 is 0 Å². The van der Waals surface area contributed by atoms with Crippen LogP contribution in [0.15, 0.2) is 12.4 Å². The molecule has 0 aliphatic heterocycles. The molecule has 0 aliphatic rings. The SMILES string of the molecule is CCC(CC)Nc1cnc(C(=O)OC)cn1. The maximum Gasteiger partial charge on any atom is 0.358 e. The summed E-state index contributed by atoms with van der Waals surface area (Å²) in [5.74, 6) is 0.211. The van der Waals surface area contributed by atoms with Crippen molar-refractivity contribution in [2.24, 2.45) is 0 Å². The molecule has 1 aromatic heterocycles. The van der Waals surface area contributed by atoms with Crippen molar-refractivity contribution in [3.63, 3.8) is 0 Å². The lowest BCUT2D eigenvalue weighted by Crippen LogP contribution is -2.18. The molecule has 0 saturated heterocycles. The number of nitrogens with zero attached hydrogens (tertiary/aromatic N) is 2. The predicted molar refractivity (Wildman–Crippen MR) is 61.4 cm³/mol. The number of methoxy groups -OCH3 is 1. The highest BCUT2D eigenvalue weighted by atomic mass is 16.5. The van der Waals surface area contributed by atoms with Crippen LogP contribution in [0.25, 0.3) is 0 Å². The first-order valence-corrected chi connectivity index (χ1v) is 5.38. The number of nitrogens with one attached hydrogen (secondary N) is 1. The van der Waals surface area contributed by atoms with Crippen LogP contribution in [0.4, 0.5) is 5.82 Å². The number of aromatic nitrogens is 2. The fourth-order valence-corrected chi connectivity index (χ4v) is 1.31. The molecule has 88 valence electrons. The standard InChI is InChI=1S/C11H17N3O2/c1-4-8(5-2)14-10-7-12-9(6-13-10)11(15)16-3/h6-8H,4-5H2,1-3H3,(H,13,14). The van der Waals surface area contributed by atoms with Crippen LogP contribution in [-0.2, 0) is 4.74 Å². The maximum atomic E-state index is 11.1. The van der Waals surface area contributed by atoms with Gasteiger partial charge in [-0.15, -0.1) is 0 Å². The molecule has 0 saturated carbocycles. The summed E-state index contributed by atoms with van der Waals surface area (Å²) in [5.41, 5.74) is 0.220. The number of carbonyl (C=O) groups excluding carboxylic acids is 1. The van der Waals surface area contributed by atoms with Gasteiger partial charge in [-0.05, 0) is 12.8 Å². The zero-order chi connectivity index (χ0) is 12.0. The van der Waals surface area contributed by atoms with Gasteiger partial charge in [0.05, 0.1) is 19.5 Å². The Balaban J connectivity index is 2.67. The second kappa shape index (κ2) is 6.05. The van der Waals surface area contributed by atoms with Gasteiger partial charge in [0, 0.05) is 6.04 Å². The minimum absolute atomic E-state index is 0.220. The Morgan fingerprint density at radius 1 is 1.38 bits per heavy atom. The van der Waals surface area contributed by atoms with Crippen LogP contribution in [0.1, 0.15) is 37.2 Å². The first kappa shape index (κ1) is 12.4. The monoisotopic (exact) mass is 223 g/mol. The second-order valence-corrected chi connectivity index (χ2v) is 3.44. The molecule has 1 aromatic rings. The van der Waals surface area contributed by atoms with E-state index in [9.17, 15) is 4.79 Å². The molecule has 0 unspecified atom stereocenters. The lowest BCUT2D eigenvalue weighted by Gasteiger charge is -2.14. The van der Waals surface area contributed by atoms with Crippen molar-refractivity contribution >= 4 is 11.8 Å². The molecule has 1 N–H and O–H groups in total. The molecular formula is C11H17N3O2. The molecule has 0 amide bonds. The molecule has 0 bridgehead atoms. The quantitative estimate of drug-likeness (QED) is 0.772. The van der Waals surface area contributed by atoms with E-state index in [4.69, 9.17) is 0 Å². The Kier molecular flexibility index (Phi) is 4.69. The van der Waals surface area contributed by atoms with Crippen molar-refractivity contribution in [3.8, 4) is 0 Å². The molecule has 1 heterocycles. The first-order chi connectivity index (χ1) is 7.71. The fraction of sp³-hybridized carbons (Fsp3) is 0.545. The molecule has 5 heteroatoms. The predicted octanol–water partition coefficient (Wildman–Crippen LogP) is 1.86. The highest BCUT2D eigenvalue weighted by Gasteiger charge is 2.08. The van der Waals surface area contributed by atoms with Crippen LogP contribution in [0.2, 0.25) is 0 Å². The molecule has 0 radical (unpaired) electrons. The number of ether oxygens (including phenoxy) is 1. The third-order valence-corrected chi connectivity index (χ3v) is 2.38. The molecule has 0 aromatic carbocycles. The second-order valence-electron chi connectivity index (χ2n) is 3.44. The number of hydrogen-bond acceptors (Lipinski definition) is 5. The van der Waals surface area contributed by atoms with Crippen LogP contribution in [0, 0.1) is 0 Å². The van der Waals surface area contributed by atoms with E-state index in [1.807, 2.05) is 0 Å².